The van der Waals surface area contributed by atoms with E-state index in [1.165, 1.54) is 0 Å². The van der Waals surface area contributed by atoms with Crippen molar-refractivity contribution >= 4 is 23.8 Å². The number of ether oxygens (including phenoxy) is 3. The molecule has 2 N–H and O–H groups in total. The highest BCUT2D eigenvalue weighted by atomic mass is 16.6. The maximum atomic E-state index is 12.5. The summed E-state index contributed by atoms with van der Waals surface area (Å²) in [7, 11) is 1.59. The van der Waals surface area contributed by atoms with Crippen LogP contribution in [0.3, 0.4) is 0 Å². The SMILES string of the molecule is COCCOC(=O)N1CCC(N2CCc3c(-c4cnc(N)nc4)nc(N4CCOCC4C)nc32)C1. The normalized spacial score (nSPS) is 21.9. The number of anilines is 3. The van der Waals surface area contributed by atoms with E-state index >= 15 is 0 Å². The van der Waals surface area contributed by atoms with E-state index in [0.717, 1.165) is 48.6 Å². The van der Waals surface area contributed by atoms with Crippen molar-refractivity contribution in [1.29, 1.82) is 0 Å². The zero-order chi connectivity index (χ0) is 24.4. The third-order valence-corrected chi connectivity index (χ3v) is 6.79. The molecule has 12 heteroatoms. The average Bonchev–Trinajstić information content (AvgIpc) is 3.52. The Balaban J connectivity index is 1.44. The van der Waals surface area contributed by atoms with Crippen LogP contribution in [0.15, 0.2) is 12.4 Å². The number of fused-ring (bicyclic) bond motifs is 1. The molecular formula is C23H32N8O4. The molecule has 2 aromatic rings. The molecule has 0 aliphatic carbocycles. The van der Waals surface area contributed by atoms with Gasteiger partial charge in [-0.2, -0.15) is 4.98 Å². The summed E-state index contributed by atoms with van der Waals surface area (Å²) >= 11 is 0. The van der Waals surface area contributed by atoms with Gasteiger partial charge in [0.1, 0.15) is 12.4 Å². The van der Waals surface area contributed by atoms with Gasteiger partial charge in [0.15, 0.2) is 0 Å². The minimum Gasteiger partial charge on any atom is -0.447 e. The standard InChI is InChI=1S/C23H32N8O4/c1-15-14-34-8-7-30(15)22-27-19(16-11-25-21(24)26-12-16)18-4-6-31(20(18)28-22)17-3-5-29(13-17)23(32)35-10-9-33-2/h11-12,15,17H,3-10,13-14H2,1-2H3,(H2,24,25,26). The Morgan fingerprint density at radius 1 is 1.17 bits per heavy atom. The number of nitrogen functional groups attached to an aromatic ring is 1. The van der Waals surface area contributed by atoms with Gasteiger partial charge in [-0.1, -0.05) is 0 Å². The van der Waals surface area contributed by atoms with E-state index in [-0.39, 0.29) is 30.7 Å². The molecule has 3 aliphatic rings. The Morgan fingerprint density at radius 3 is 2.77 bits per heavy atom. The summed E-state index contributed by atoms with van der Waals surface area (Å²) < 4.78 is 15.9. The van der Waals surface area contributed by atoms with Crippen LogP contribution in [0.2, 0.25) is 0 Å². The Morgan fingerprint density at radius 2 is 2.00 bits per heavy atom. The van der Waals surface area contributed by atoms with Crippen LogP contribution in [-0.2, 0) is 20.6 Å². The Bertz CT molecular complexity index is 1050. The van der Waals surface area contributed by atoms with Gasteiger partial charge in [-0.15, -0.1) is 0 Å². The second kappa shape index (κ2) is 10.2. The summed E-state index contributed by atoms with van der Waals surface area (Å²) in [5, 5.41) is 0. The smallest absolute Gasteiger partial charge is 0.409 e. The predicted octanol–water partition coefficient (Wildman–Crippen LogP) is 0.961. The third kappa shape index (κ3) is 4.80. The summed E-state index contributed by atoms with van der Waals surface area (Å²) in [6, 6.07) is 0.322. The maximum absolute atomic E-state index is 12.5. The lowest BCUT2D eigenvalue weighted by atomic mass is 10.1. The molecule has 2 fully saturated rings. The Labute approximate surface area is 204 Å². The zero-order valence-electron chi connectivity index (χ0n) is 20.2. The second-order valence-electron chi connectivity index (χ2n) is 9.06. The quantitative estimate of drug-likeness (QED) is 0.588. The van der Waals surface area contributed by atoms with E-state index in [1.807, 2.05) is 0 Å². The fourth-order valence-electron chi connectivity index (χ4n) is 4.94. The van der Waals surface area contributed by atoms with E-state index in [2.05, 4.69) is 26.7 Å². The van der Waals surface area contributed by atoms with E-state index in [0.29, 0.717) is 38.9 Å². The van der Waals surface area contributed by atoms with Crippen LogP contribution < -0.4 is 15.5 Å². The average molecular weight is 485 g/mol. The number of nitrogens with two attached hydrogens (primary N) is 1. The van der Waals surface area contributed by atoms with Crippen molar-refractivity contribution in [3.05, 3.63) is 18.0 Å². The minimum atomic E-state index is -0.297. The highest BCUT2D eigenvalue weighted by Crippen LogP contribution is 2.38. The molecule has 188 valence electrons. The van der Waals surface area contributed by atoms with Gasteiger partial charge in [-0.3, -0.25) is 0 Å². The first-order valence-corrected chi connectivity index (χ1v) is 12.1. The third-order valence-electron chi connectivity index (χ3n) is 6.79. The first-order valence-electron chi connectivity index (χ1n) is 12.1. The van der Waals surface area contributed by atoms with Gasteiger partial charge in [0.2, 0.25) is 11.9 Å². The van der Waals surface area contributed by atoms with Crippen molar-refractivity contribution < 1.29 is 19.0 Å². The van der Waals surface area contributed by atoms with E-state index in [9.17, 15) is 4.79 Å². The van der Waals surface area contributed by atoms with Crippen molar-refractivity contribution in [2.75, 3.05) is 75.2 Å². The van der Waals surface area contributed by atoms with Gasteiger partial charge in [0, 0.05) is 62.9 Å². The van der Waals surface area contributed by atoms with Gasteiger partial charge in [-0.25, -0.2) is 19.7 Å². The lowest BCUT2D eigenvalue weighted by molar-refractivity contribution is 0.0766. The first-order chi connectivity index (χ1) is 17.0. The zero-order valence-corrected chi connectivity index (χ0v) is 20.2. The Hall–Kier alpha value is -3.25. The van der Waals surface area contributed by atoms with Gasteiger partial charge >= 0.3 is 6.09 Å². The van der Waals surface area contributed by atoms with E-state index < -0.39 is 0 Å². The van der Waals surface area contributed by atoms with Crippen LogP contribution in [-0.4, -0.2) is 103 Å². The molecule has 35 heavy (non-hydrogen) atoms. The van der Waals surface area contributed by atoms with Crippen molar-refractivity contribution in [3.8, 4) is 11.3 Å². The number of carbonyl (C=O) groups is 1. The molecule has 0 spiro atoms. The molecule has 0 aromatic carbocycles. The van der Waals surface area contributed by atoms with Crippen LogP contribution in [0.25, 0.3) is 11.3 Å². The van der Waals surface area contributed by atoms with Crippen LogP contribution in [0.4, 0.5) is 22.5 Å². The van der Waals surface area contributed by atoms with Crippen LogP contribution in [0.5, 0.6) is 0 Å². The number of hydrogen-bond acceptors (Lipinski definition) is 11. The fourth-order valence-corrected chi connectivity index (χ4v) is 4.94. The molecule has 3 aliphatic heterocycles. The van der Waals surface area contributed by atoms with Crippen molar-refractivity contribution in [3.63, 3.8) is 0 Å². The van der Waals surface area contributed by atoms with Crippen LogP contribution >= 0.6 is 0 Å². The second-order valence-corrected chi connectivity index (χ2v) is 9.06. The lowest BCUT2D eigenvalue weighted by Crippen LogP contribution is -2.45. The van der Waals surface area contributed by atoms with Crippen molar-refractivity contribution in [2.45, 2.75) is 31.8 Å². The van der Waals surface area contributed by atoms with Gasteiger partial charge in [0.25, 0.3) is 0 Å². The number of rotatable bonds is 6. The number of methoxy groups -OCH3 is 1. The number of carbonyl (C=O) groups excluding carboxylic acids is 1. The van der Waals surface area contributed by atoms with Gasteiger partial charge < -0.3 is 34.6 Å². The molecule has 2 atom stereocenters. The van der Waals surface area contributed by atoms with E-state index in [4.69, 9.17) is 29.9 Å². The molecule has 5 rings (SSSR count). The fraction of sp³-hybridized carbons (Fsp3) is 0.609. The molecule has 2 unspecified atom stereocenters. The summed E-state index contributed by atoms with van der Waals surface area (Å²) in [4.78, 5) is 37.1. The van der Waals surface area contributed by atoms with Crippen LogP contribution in [0, 0.1) is 0 Å². The Kier molecular flexibility index (Phi) is 6.82. The summed E-state index contributed by atoms with van der Waals surface area (Å²) in [6.45, 7) is 6.81. The number of morpholine rings is 1. The maximum Gasteiger partial charge on any atom is 0.409 e. The topological polar surface area (TPSA) is 132 Å². The molecule has 2 aromatic heterocycles. The molecule has 12 nitrogen and oxygen atoms in total. The highest BCUT2D eigenvalue weighted by molar-refractivity contribution is 5.73. The summed E-state index contributed by atoms with van der Waals surface area (Å²) in [5.74, 6) is 1.82. The number of amides is 1. The van der Waals surface area contributed by atoms with Crippen LogP contribution in [0.1, 0.15) is 18.9 Å². The van der Waals surface area contributed by atoms with Crippen molar-refractivity contribution in [2.24, 2.45) is 0 Å². The molecule has 0 saturated carbocycles. The molecule has 0 bridgehead atoms. The molecule has 0 radical (unpaired) electrons. The van der Waals surface area contributed by atoms with Crippen molar-refractivity contribution in [1.82, 2.24) is 24.8 Å². The molecular weight excluding hydrogens is 452 g/mol. The minimum absolute atomic E-state index is 0.159. The van der Waals surface area contributed by atoms with E-state index in [1.54, 1.807) is 24.4 Å². The molecule has 1 amide bonds. The number of likely N-dealkylation sites (tertiary alicyclic amines) is 1. The summed E-state index contributed by atoms with van der Waals surface area (Å²) in [5.41, 5.74) is 8.45. The molecule has 5 heterocycles. The van der Waals surface area contributed by atoms with Gasteiger partial charge in [-0.05, 0) is 19.8 Å². The predicted molar refractivity (Wildman–Crippen MR) is 129 cm³/mol. The van der Waals surface area contributed by atoms with Gasteiger partial charge in [0.05, 0.1) is 31.6 Å². The monoisotopic (exact) mass is 484 g/mol. The number of hydrogen-bond donors (Lipinski definition) is 1. The summed E-state index contributed by atoms with van der Waals surface area (Å²) in [6.07, 6.45) is 4.80. The number of nitrogens with zero attached hydrogens (tertiary/aromatic N) is 7. The number of aromatic nitrogens is 4. The lowest BCUT2D eigenvalue weighted by Gasteiger charge is -2.34. The largest absolute Gasteiger partial charge is 0.447 e. The first kappa shape index (κ1) is 23.5. The highest BCUT2D eigenvalue weighted by Gasteiger charge is 2.37. The molecule has 2 saturated heterocycles.